The predicted octanol–water partition coefficient (Wildman–Crippen LogP) is 1.84. The summed E-state index contributed by atoms with van der Waals surface area (Å²) in [5.41, 5.74) is 0.179. The molecule has 124 valence electrons. The lowest BCUT2D eigenvalue weighted by Gasteiger charge is -2.43. The molecular weight excluding hydrogens is 264 g/mol. The number of nitrogens with zero attached hydrogens (tertiary/aromatic N) is 2. The van der Waals surface area contributed by atoms with Gasteiger partial charge in [-0.05, 0) is 33.4 Å². The average Bonchev–Trinajstić information content (AvgIpc) is 2.51. The van der Waals surface area contributed by atoms with Gasteiger partial charge in [-0.1, -0.05) is 26.2 Å². The molecule has 0 bridgehead atoms. The molecular formula is C16H34N4O. The minimum atomic E-state index is 0.179. The third-order valence-corrected chi connectivity index (χ3v) is 4.50. The van der Waals surface area contributed by atoms with Gasteiger partial charge in [-0.25, -0.2) is 0 Å². The molecule has 2 N–H and O–H groups in total. The molecule has 0 aromatic heterocycles. The minimum absolute atomic E-state index is 0.179. The summed E-state index contributed by atoms with van der Waals surface area (Å²) in [6, 6.07) is 0. The number of ether oxygens (including phenoxy) is 1. The van der Waals surface area contributed by atoms with E-state index in [1.165, 1.54) is 25.7 Å². The van der Waals surface area contributed by atoms with Crippen molar-refractivity contribution in [3.05, 3.63) is 0 Å². The maximum absolute atomic E-state index is 5.51. The van der Waals surface area contributed by atoms with Crippen molar-refractivity contribution in [2.24, 2.45) is 4.99 Å². The first kappa shape index (κ1) is 18.2. The summed E-state index contributed by atoms with van der Waals surface area (Å²) >= 11 is 0. The van der Waals surface area contributed by atoms with Gasteiger partial charge in [-0.15, -0.1) is 0 Å². The Balaban J connectivity index is 2.35. The molecule has 1 saturated heterocycles. The summed E-state index contributed by atoms with van der Waals surface area (Å²) in [5, 5.41) is 6.91. The third kappa shape index (κ3) is 6.22. The molecule has 0 unspecified atom stereocenters. The van der Waals surface area contributed by atoms with Crippen LogP contribution in [0.25, 0.3) is 0 Å². The Hall–Kier alpha value is -0.810. The van der Waals surface area contributed by atoms with Gasteiger partial charge in [0.25, 0.3) is 0 Å². The number of likely N-dealkylation sites (N-methyl/N-ethyl adjacent to an activating group) is 1. The van der Waals surface area contributed by atoms with Crippen molar-refractivity contribution in [1.29, 1.82) is 0 Å². The zero-order valence-corrected chi connectivity index (χ0v) is 14.4. The number of aliphatic imine (C=N–C) groups is 1. The Bertz CT molecular complexity index is 299. The molecule has 1 heterocycles. The fourth-order valence-corrected chi connectivity index (χ4v) is 2.76. The smallest absolute Gasteiger partial charge is 0.191 e. The quantitative estimate of drug-likeness (QED) is 0.408. The summed E-state index contributed by atoms with van der Waals surface area (Å²) in [4.78, 5) is 6.66. The van der Waals surface area contributed by atoms with E-state index in [-0.39, 0.29) is 5.54 Å². The van der Waals surface area contributed by atoms with Gasteiger partial charge in [-0.2, -0.15) is 0 Å². The van der Waals surface area contributed by atoms with Crippen LogP contribution in [0.2, 0.25) is 0 Å². The van der Waals surface area contributed by atoms with Gasteiger partial charge in [0, 0.05) is 38.9 Å². The van der Waals surface area contributed by atoms with Crippen LogP contribution in [-0.2, 0) is 4.74 Å². The van der Waals surface area contributed by atoms with Crippen LogP contribution >= 0.6 is 0 Å². The van der Waals surface area contributed by atoms with Gasteiger partial charge < -0.3 is 20.3 Å². The SMILES string of the molecule is CCCCCCNC(=NC)NCC1(N(C)C)CCOCC1. The van der Waals surface area contributed by atoms with Gasteiger partial charge in [0.1, 0.15) is 0 Å². The van der Waals surface area contributed by atoms with E-state index in [2.05, 4.69) is 41.5 Å². The fourth-order valence-electron chi connectivity index (χ4n) is 2.76. The maximum atomic E-state index is 5.51. The highest BCUT2D eigenvalue weighted by Gasteiger charge is 2.34. The Morgan fingerprint density at radius 3 is 2.43 bits per heavy atom. The summed E-state index contributed by atoms with van der Waals surface area (Å²) in [5.74, 6) is 0.916. The highest BCUT2D eigenvalue weighted by molar-refractivity contribution is 5.79. The Morgan fingerprint density at radius 2 is 1.86 bits per heavy atom. The van der Waals surface area contributed by atoms with Crippen molar-refractivity contribution in [2.75, 3.05) is 47.4 Å². The summed E-state index contributed by atoms with van der Waals surface area (Å²) in [7, 11) is 6.16. The van der Waals surface area contributed by atoms with E-state index in [1.54, 1.807) is 0 Å². The zero-order valence-electron chi connectivity index (χ0n) is 14.4. The van der Waals surface area contributed by atoms with Gasteiger partial charge in [0.2, 0.25) is 0 Å². The highest BCUT2D eigenvalue weighted by atomic mass is 16.5. The van der Waals surface area contributed by atoms with Crippen LogP contribution in [0.4, 0.5) is 0 Å². The van der Waals surface area contributed by atoms with Crippen molar-refractivity contribution in [3.8, 4) is 0 Å². The molecule has 0 aliphatic carbocycles. The van der Waals surface area contributed by atoms with Gasteiger partial charge in [0.15, 0.2) is 5.96 Å². The van der Waals surface area contributed by atoms with Crippen LogP contribution in [-0.4, -0.2) is 63.8 Å². The van der Waals surface area contributed by atoms with Crippen molar-refractivity contribution in [1.82, 2.24) is 15.5 Å². The number of nitrogens with one attached hydrogen (secondary N) is 2. The molecule has 0 aromatic carbocycles. The normalized spacial score (nSPS) is 18.8. The topological polar surface area (TPSA) is 48.9 Å². The third-order valence-electron chi connectivity index (χ3n) is 4.50. The lowest BCUT2D eigenvalue weighted by Crippen LogP contribution is -2.57. The second-order valence-corrected chi connectivity index (χ2v) is 6.14. The second-order valence-electron chi connectivity index (χ2n) is 6.14. The average molecular weight is 298 g/mol. The molecule has 0 aromatic rings. The molecule has 0 atom stereocenters. The molecule has 5 nitrogen and oxygen atoms in total. The van der Waals surface area contributed by atoms with Crippen molar-refractivity contribution in [2.45, 2.75) is 51.0 Å². The van der Waals surface area contributed by atoms with Crippen LogP contribution in [0.3, 0.4) is 0 Å². The van der Waals surface area contributed by atoms with Crippen molar-refractivity contribution < 1.29 is 4.74 Å². The zero-order chi connectivity index (χ0) is 15.6. The first-order valence-corrected chi connectivity index (χ1v) is 8.34. The van der Waals surface area contributed by atoms with E-state index in [0.29, 0.717) is 0 Å². The van der Waals surface area contributed by atoms with E-state index in [1.807, 2.05) is 7.05 Å². The molecule has 21 heavy (non-hydrogen) atoms. The second kappa shape index (κ2) is 10.0. The molecule has 1 aliphatic rings. The van der Waals surface area contributed by atoms with Crippen LogP contribution in [0.5, 0.6) is 0 Å². The minimum Gasteiger partial charge on any atom is -0.381 e. The first-order valence-electron chi connectivity index (χ1n) is 8.34. The number of unbranched alkanes of at least 4 members (excludes halogenated alkanes) is 3. The van der Waals surface area contributed by atoms with E-state index in [4.69, 9.17) is 4.74 Å². The fraction of sp³-hybridized carbons (Fsp3) is 0.938. The highest BCUT2D eigenvalue weighted by Crippen LogP contribution is 2.24. The van der Waals surface area contributed by atoms with Gasteiger partial charge in [0.05, 0.1) is 0 Å². The maximum Gasteiger partial charge on any atom is 0.191 e. The molecule has 5 heteroatoms. The lowest BCUT2D eigenvalue weighted by molar-refractivity contribution is -0.00501. The Kier molecular flexibility index (Phi) is 8.69. The van der Waals surface area contributed by atoms with Gasteiger partial charge in [-0.3, -0.25) is 4.99 Å². The van der Waals surface area contributed by atoms with Crippen LogP contribution in [0, 0.1) is 0 Å². The van der Waals surface area contributed by atoms with E-state index in [9.17, 15) is 0 Å². The van der Waals surface area contributed by atoms with Crippen molar-refractivity contribution >= 4 is 5.96 Å². The number of hydrogen-bond donors (Lipinski definition) is 2. The van der Waals surface area contributed by atoms with Crippen LogP contribution in [0.15, 0.2) is 4.99 Å². The Labute approximate surface area is 130 Å². The standard InChI is InChI=1S/C16H34N4O/c1-5-6-7-8-11-18-15(17-2)19-14-16(20(3)4)9-12-21-13-10-16/h5-14H2,1-4H3,(H2,17,18,19). The summed E-state index contributed by atoms with van der Waals surface area (Å²) < 4.78 is 5.51. The molecule has 0 amide bonds. The molecule has 1 aliphatic heterocycles. The number of rotatable bonds is 8. The number of guanidine groups is 1. The van der Waals surface area contributed by atoms with Crippen LogP contribution in [0.1, 0.15) is 45.4 Å². The van der Waals surface area contributed by atoms with Crippen LogP contribution < -0.4 is 10.6 Å². The molecule has 1 fully saturated rings. The first-order chi connectivity index (χ1) is 10.1. The molecule has 0 saturated carbocycles. The predicted molar refractivity (Wildman–Crippen MR) is 90.0 cm³/mol. The lowest BCUT2D eigenvalue weighted by atomic mass is 9.88. The van der Waals surface area contributed by atoms with E-state index < -0.39 is 0 Å². The van der Waals surface area contributed by atoms with E-state index in [0.717, 1.165) is 45.1 Å². The largest absolute Gasteiger partial charge is 0.381 e. The van der Waals surface area contributed by atoms with E-state index >= 15 is 0 Å². The summed E-state index contributed by atoms with van der Waals surface area (Å²) in [6.07, 6.45) is 7.24. The molecule has 0 spiro atoms. The molecule has 0 radical (unpaired) electrons. The molecule has 1 rings (SSSR count). The monoisotopic (exact) mass is 298 g/mol. The Morgan fingerprint density at radius 1 is 1.14 bits per heavy atom. The van der Waals surface area contributed by atoms with Gasteiger partial charge >= 0.3 is 0 Å². The number of hydrogen-bond acceptors (Lipinski definition) is 3. The van der Waals surface area contributed by atoms with Crippen molar-refractivity contribution in [3.63, 3.8) is 0 Å². The summed E-state index contributed by atoms with van der Waals surface area (Å²) in [6.45, 7) is 5.85.